The third kappa shape index (κ3) is 6.19. The summed E-state index contributed by atoms with van der Waals surface area (Å²) >= 11 is 0. The van der Waals surface area contributed by atoms with Crippen LogP contribution in [0.15, 0.2) is 0 Å². The van der Waals surface area contributed by atoms with Gasteiger partial charge in [-0.25, -0.2) is 0 Å². The van der Waals surface area contributed by atoms with Crippen LogP contribution in [-0.2, 0) is 4.74 Å². The quantitative estimate of drug-likeness (QED) is 0.706. The minimum atomic E-state index is -0.457. The third-order valence-corrected chi connectivity index (χ3v) is 3.77. The summed E-state index contributed by atoms with van der Waals surface area (Å²) in [5.74, 6) is 1.13. The number of hydrogen-bond acceptors (Lipinski definition) is 2. The third-order valence-electron chi connectivity index (χ3n) is 3.77. The first-order chi connectivity index (χ1) is 8.41. The number of ether oxygens (including phenoxy) is 1. The Bertz CT molecular complexity index is 207. The molecule has 1 fully saturated rings. The molecule has 1 heterocycles. The standard InChI is InChI=1S/C16H32O2/c1-13(2)11-16(17,12-14(3)4)9-5-7-15-8-6-10-18-15/h13-15,17H,5-12H2,1-4H3. The van der Waals surface area contributed by atoms with Crippen LogP contribution in [0.3, 0.4) is 0 Å². The molecule has 1 N–H and O–H groups in total. The van der Waals surface area contributed by atoms with Crippen LogP contribution in [-0.4, -0.2) is 23.4 Å². The fourth-order valence-electron chi connectivity index (χ4n) is 3.34. The first kappa shape index (κ1) is 16.0. The van der Waals surface area contributed by atoms with E-state index in [1.165, 1.54) is 12.8 Å². The van der Waals surface area contributed by atoms with E-state index in [1.54, 1.807) is 0 Å². The maximum atomic E-state index is 10.8. The van der Waals surface area contributed by atoms with Gasteiger partial charge in [-0.2, -0.15) is 0 Å². The molecule has 1 aliphatic rings. The van der Waals surface area contributed by atoms with Crippen molar-refractivity contribution in [2.75, 3.05) is 6.61 Å². The maximum Gasteiger partial charge on any atom is 0.0652 e. The lowest BCUT2D eigenvalue weighted by Gasteiger charge is -2.32. The van der Waals surface area contributed by atoms with Crippen LogP contribution in [0.5, 0.6) is 0 Å². The van der Waals surface area contributed by atoms with Gasteiger partial charge in [-0.3, -0.25) is 0 Å². The summed E-state index contributed by atoms with van der Waals surface area (Å²) < 4.78 is 5.65. The Labute approximate surface area is 113 Å². The van der Waals surface area contributed by atoms with Gasteiger partial charge in [0.1, 0.15) is 0 Å². The molecule has 1 atom stereocenters. The minimum absolute atomic E-state index is 0.457. The normalized spacial score (nSPS) is 21.2. The Morgan fingerprint density at radius 3 is 2.22 bits per heavy atom. The van der Waals surface area contributed by atoms with E-state index in [0.717, 1.165) is 38.7 Å². The minimum Gasteiger partial charge on any atom is -0.390 e. The van der Waals surface area contributed by atoms with Crippen molar-refractivity contribution < 1.29 is 9.84 Å². The van der Waals surface area contributed by atoms with Gasteiger partial charge in [-0.05, 0) is 56.8 Å². The maximum absolute atomic E-state index is 10.8. The van der Waals surface area contributed by atoms with Crippen molar-refractivity contribution in [1.82, 2.24) is 0 Å². The van der Waals surface area contributed by atoms with E-state index in [-0.39, 0.29) is 0 Å². The Kier molecular flexibility index (Phi) is 6.65. The van der Waals surface area contributed by atoms with E-state index in [4.69, 9.17) is 4.74 Å². The van der Waals surface area contributed by atoms with Crippen molar-refractivity contribution in [2.24, 2.45) is 11.8 Å². The second-order valence-corrected chi connectivity index (χ2v) is 6.95. The monoisotopic (exact) mass is 256 g/mol. The molecule has 1 unspecified atom stereocenters. The average Bonchev–Trinajstić information content (AvgIpc) is 2.67. The highest BCUT2D eigenvalue weighted by Gasteiger charge is 2.29. The lowest BCUT2D eigenvalue weighted by atomic mass is 9.81. The van der Waals surface area contributed by atoms with E-state index >= 15 is 0 Å². The highest BCUT2D eigenvalue weighted by Crippen LogP contribution is 2.31. The van der Waals surface area contributed by atoms with Crippen molar-refractivity contribution in [3.63, 3.8) is 0 Å². The summed E-state index contributed by atoms with van der Waals surface area (Å²) in [6.07, 6.45) is 7.91. The highest BCUT2D eigenvalue weighted by atomic mass is 16.5. The molecule has 0 amide bonds. The van der Waals surface area contributed by atoms with E-state index in [0.29, 0.717) is 17.9 Å². The Hall–Kier alpha value is -0.0800. The summed E-state index contributed by atoms with van der Waals surface area (Å²) in [5, 5.41) is 10.8. The smallest absolute Gasteiger partial charge is 0.0652 e. The SMILES string of the molecule is CC(C)CC(O)(CCCC1CCCO1)CC(C)C. The molecule has 0 saturated carbocycles. The van der Waals surface area contributed by atoms with Gasteiger partial charge in [-0.15, -0.1) is 0 Å². The largest absolute Gasteiger partial charge is 0.390 e. The topological polar surface area (TPSA) is 29.5 Å². The molecule has 0 spiro atoms. The number of aliphatic hydroxyl groups is 1. The fourth-order valence-corrected chi connectivity index (χ4v) is 3.34. The van der Waals surface area contributed by atoms with E-state index in [9.17, 15) is 5.11 Å². The highest BCUT2D eigenvalue weighted by molar-refractivity contribution is 4.81. The van der Waals surface area contributed by atoms with Crippen molar-refractivity contribution >= 4 is 0 Å². The van der Waals surface area contributed by atoms with Gasteiger partial charge in [0.25, 0.3) is 0 Å². The van der Waals surface area contributed by atoms with Crippen LogP contribution in [0.2, 0.25) is 0 Å². The zero-order chi connectivity index (χ0) is 13.6. The molecule has 1 saturated heterocycles. The fraction of sp³-hybridized carbons (Fsp3) is 1.00. The van der Waals surface area contributed by atoms with E-state index < -0.39 is 5.60 Å². The lowest BCUT2D eigenvalue weighted by molar-refractivity contribution is -0.0126. The van der Waals surface area contributed by atoms with Gasteiger partial charge in [0, 0.05) is 6.61 Å². The van der Waals surface area contributed by atoms with Crippen LogP contribution in [0, 0.1) is 11.8 Å². The van der Waals surface area contributed by atoms with Crippen LogP contribution in [0.1, 0.15) is 72.6 Å². The first-order valence-corrected chi connectivity index (χ1v) is 7.75. The number of rotatable bonds is 8. The first-order valence-electron chi connectivity index (χ1n) is 7.75. The van der Waals surface area contributed by atoms with Gasteiger partial charge in [0.2, 0.25) is 0 Å². The molecule has 0 bridgehead atoms. The average molecular weight is 256 g/mol. The van der Waals surface area contributed by atoms with E-state index in [2.05, 4.69) is 27.7 Å². The summed E-state index contributed by atoms with van der Waals surface area (Å²) in [4.78, 5) is 0. The second kappa shape index (κ2) is 7.49. The van der Waals surface area contributed by atoms with Crippen molar-refractivity contribution in [3.05, 3.63) is 0 Å². The zero-order valence-corrected chi connectivity index (χ0v) is 12.7. The summed E-state index contributed by atoms with van der Waals surface area (Å²) in [5.41, 5.74) is -0.457. The van der Waals surface area contributed by atoms with Crippen LogP contribution in [0.25, 0.3) is 0 Å². The molecule has 0 aromatic rings. The van der Waals surface area contributed by atoms with Crippen LogP contribution >= 0.6 is 0 Å². The Morgan fingerprint density at radius 2 is 1.78 bits per heavy atom. The molecule has 0 radical (unpaired) electrons. The molecule has 2 nitrogen and oxygen atoms in total. The summed E-state index contributed by atoms with van der Waals surface area (Å²) in [6, 6.07) is 0. The molecule has 1 aliphatic heterocycles. The molecule has 18 heavy (non-hydrogen) atoms. The molecule has 0 aliphatic carbocycles. The van der Waals surface area contributed by atoms with Gasteiger partial charge in [-0.1, -0.05) is 27.7 Å². The summed E-state index contributed by atoms with van der Waals surface area (Å²) in [6.45, 7) is 9.74. The van der Waals surface area contributed by atoms with Crippen LogP contribution < -0.4 is 0 Å². The van der Waals surface area contributed by atoms with Gasteiger partial charge >= 0.3 is 0 Å². The summed E-state index contributed by atoms with van der Waals surface area (Å²) in [7, 11) is 0. The predicted molar refractivity (Wildman–Crippen MR) is 76.7 cm³/mol. The Balaban J connectivity index is 2.34. The van der Waals surface area contributed by atoms with E-state index in [1.807, 2.05) is 0 Å². The van der Waals surface area contributed by atoms with Gasteiger partial charge in [0.05, 0.1) is 11.7 Å². The molecule has 1 rings (SSSR count). The molecule has 0 aromatic heterocycles. The molecule has 108 valence electrons. The number of hydrogen-bond donors (Lipinski definition) is 1. The molecular weight excluding hydrogens is 224 g/mol. The zero-order valence-electron chi connectivity index (χ0n) is 12.7. The van der Waals surface area contributed by atoms with Crippen molar-refractivity contribution in [2.45, 2.75) is 84.3 Å². The predicted octanol–water partition coefficient (Wildman–Crippen LogP) is 4.16. The second-order valence-electron chi connectivity index (χ2n) is 6.95. The molecular formula is C16H32O2. The van der Waals surface area contributed by atoms with Gasteiger partial charge < -0.3 is 9.84 Å². The van der Waals surface area contributed by atoms with Crippen LogP contribution in [0.4, 0.5) is 0 Å². The lowest BCUT2D eigenvalue weighted by Crippen LogP contribution is -2.32. The molecule has 2 heteroatoms. The van der Waals surface area contributed by atoms with Crippen molar-refractivity contribution in [1.29, 1.82) is 0 Å². The molecule has 0 aromatic carbocycles. The van der Waals surface area contributed by atoms with Crippen molar-refractivity contribution in [3.8, 4) is 0 Å². The Morgan fingerprint density at radius 1 is 1.17 bits per heavy atom. The van der Waals surface area contributed by atoms with Gasteiger partial charge in [0.15, 0.2) is 0 Å².